The van der Waals surface area contributed by atoms with Crippen LogP contribution in [0.25, 0.3) is 0 Å². The first kappa shape index (κ1) is 18.8. The van der Waals surface area contributed by atoms with Crippen molar-refractivity contribution in [2.75, 3.05) is 13.1 Å². The third-order valence-electron chi connectivity index (χ3n) is 4.71. The summed E-state index contributed by atoms with van der Waals surface area (Å²) in [5.41, 5.74) is 3.41. The van der Waals surface area contributed by atoms with Crippen LogP contribution in [0, 0.1) is 6.92 Å². The Hall–Kier alpha value is -2.95. The molecule has 0 fully saturated rings. The van der Waals surface area contributed by atoms with E-state index in [1.165, 1.54) is 16.0 Å². The molecule has 1 heterocycles. The summed E-state index contributed by atoms with van der Waals surface area (Å²) in [7, 11) is 0. The Bertz CT molecular complexity index is 825. The van der Waals surface area contributed by atoms with Gasteiger partial charge in [0.05, 0.1) is 11.1 Å². The molecule has 2 aromatic rings. The Morgan fingerprint density at radius 1 is 0.963 bits per heavy atom. The predicted molar refractivity (Wildman–Crippen MR) is 104 cm³/mol. The molecule has 3 amide bonds. The lowest BCUT2D eigenvalue weighted by molar-refractivity contribution is -0.121. The van der Waals surface area contributed by atoms with Crippen molar-refractivity contribution in [3.8, 4) is 0 Å². The van der Waals surface area contributed by atoms with Crippen molar-refractivity contribution in [2.45, 2.75) is 32.6 Å². The molecule has 2 aromatic carbocycles. The minimum Gasteiger partial charge on any atom is -0.356 e. The number of hydrogen-bond donors (Lipinski definition) is 1. The number of nitrogens with zero attached hydrogens (tertiary/aromatic N) is 1. The Labute approximate surface area is 159 Å². The van der Waals surface area contributed by atoms with E-state index in [2.05, 4.69) is 30.4 Å². The van der Waals surface area contributed by atoms with Gasteiger partial charge >= 0.3 is 0 Å². The molecule has 140 valence electrons. The number of nitrogens with one attached hydrogen (secondary N) is 1. The molecule has 0 atom stereocenters. The second kappa shape index (κ2) is 8.62. The lowest BCUT2D eigenvalue weighted by Crippen LogP contribution is -2.32. The summed E-state index contributed by atoms with van der Waals surface area (Å²) >= 11 is 0. The van der Waals surface area contributed by atoms with Crippen LogP contribution in [0.1, 0.15) is 51.1 Å². The number of hydrogen-bond acceptors (Lipinski definition) is 3. The predicted octanol–water partition coefficient (Wildman–Crippen LogP) is 3.12. The number of carbonyl (C=O) groups is 3. The fourth-order valence-electron chi connectivity index (χ4n) is 3.32. The summed E-state index contributed by atoms with van der Waals surface area (Å²) in [5, 5.41) is 2.91. The third-order valence-corrected chi connectivity index (χ3v) is 4.71. The molecule has 1 aliphatic rings. The van der Waals surface area contributed by atoms with Gasteiger partial charge in [0.25, 0.3) is 11.8 Å². The SMILES string of the molecule is Cc1cccc(CCCNC(=O)CCCN2C(=O)c3ccccc3C2=O)c1. The summed E-state index contributed by atoms with van der Waals surface area (Å²) < 4.78 is 0. The van der Waals surface area contributed by atoms with Gasteiger partial charge in [-0.25, -0.2) is 0 Å². The van der Waals surface area contributed by atoms with E-state index >= 15 is 0 Å². The summed E-state index contributed by atoms with van der Waals surface area (Å²) in [5.74, 6) is -0.584. The van der Waals surface area contributed by atoms with Gasteiger partial charge in [-0.15, -0.1) is 0 Å². The van der Waals surface area contributed by atoms with E-state index in [9.17, 15) is 14.4 Å². The van der Waals surface area contributed by atoms with Gasteiger partial charge in [0.2, 0.25) is 5.91 Å². The van der Waals surface area contributed by atoms with Crippen LogP contribution < -0.4 is 5.32 Å². The molecule has 1 aliphatic heterocycles. The average molecular weight is 364 g/mol. The Morgan fingerprint density at radius 3 is 2.33 bits per heavy atom. The van der Waals surface area contributed by atoms with Crippen LogP contribution in [0.4, 0.5) is 0 Å². The smallest absolute Gasteiger partial charge is 0.261 e. The van der Waals surface area contributed by atoms with E-state index in [4.69, 9.17) is 0 Å². The number of aryl methyl sites for hydroxylation is 2. The van der Waals surface area contributed by atoms with Crippen molar-refractivity contribution < 1.29 is 14.4 Å². The second-order valence-corrected chi connectivity index (χ2v) is 6.85. The van der Waals surface area contributed by atoms with Crippen molar-refractivity contribution in [3.63, 3.8) is 0 Å². The monoisotopic (exact) mass is 364 g/mol. The van der Waals surface area contributed by atoms with Crippen LogP contribution in [-0.2, 0) is 11.2 Å². The molecule has 0 aliphatic carbocycles. The van der Waals surface area contributed by atoms with E-state index in [1.54, 1.807) is 24.3 Å². The zero-order valence-corrected chi connectivity index (χ0v) is 15.5. The molecule has 0 aromatic heterocycles. The number of fused-ring (bicyclic) bond motifs is 1. The number of amides is 3. The quantitative estimate of drug-likeness (QED) is 0.578. The summed E-state index contributed by atoms with van der Waals surface area (Å²) in [6.07, 6.45) is 2.58. The van der Waals surface area contributed by atoms with Gasteiger partial charge in [-0.2, -0.15) is 0 Å². The highest BCUT2D eigenvalue weighted by Crippen LogP contribution is 2.22. The molecule has 0 unspecified atom stereocenters. The molecular formula is C22H24N2O3. The maximum Gasteiger partial charge on any atom is 0.261 e. The zero-order valence-electron chi connectivity index (χ0n) is 15.5. The molecule has 27 heavy (non-hydrogen) atoms. The van der Waals surface area contributed by atoms with Crippen LogP contribution in [0.5, 0.6) is 0 Å². The van der Waals surface area contributed by atoms with E-state index in [0.717, 1.165) is 12.8 Å². The number of rotatable bonds is 8. The second-order valence-electron chi connectivity index (χ2n) is 6.85. The molecule has 0 spiro atoms. The molecule has 0 radical (unpaired) electrons. The molecule has 0 bridgehead atoms. The van der Waals surface area contributed by atoms with Crippen molar-refractivity contribution in [3.05, 3.63) is 70.8 Å². The molecule has 0 saturated heterocycles. The molecular weight excluding hydrogens is 340 g/mol. The third kappa shape index (κ3) is 4.61. The Kier molecular flexibility index (Phi) is 6.01. The fraction of sp³-hybridized carbons (Fsp3) is 0.318. The highest BCUT2D eigenvalue weighted by molar-refractivity contribution is 6.21. The molecule has 0 saturated carbocycles. The van der Waals surface area contributed by atoms with Crippen molar-refractivity contribution in [1.29, 1.82) is 0 Å². The van der Waals surface area contributed by atoms with E-state index in [-0.39, 0.29) is 24.3 Å². The van der Waals surface area contributed by atoms with E-state index in [1.807, 2.05) is 6.07 Å². The fourth-order valence-corrected chi connectivity index (χ4v) is 3.32. The van der Waals surface area contributed by atoms with Gasteiger partial charge in [-0.05, 0) is 43.9 Å². The Morgan fingerprint density at radius 2 is 1.67 bits per heavy atom. The van der Waals surface area contributed by atoms with Crippen LogP contribution in [0.2, 0.25) is 0 Å². The molecule has 5 nitrogen and oxygen atoms in total. The highest BCUT2D eigenvalue weighted by atomic mass is 16.2. The first-order valence-corrected chi connectivity index (χ1v) is 9.34. The number of carbonyl (C=O) groups excluding carboxylic acids is 3. The van der Waals surface area contributed by atoms with Gasteiger partial charge in [-0.3, -0.25) is 19.3 Å². The lowest BCUT2D eigenvalue weighted by atomic mass is 10.1. The molecule has 3 rings (SSSR count). The Balaban J connectivity index is 1.35. The standard InChI is InChI=1S/C22H24N2O3/c1-16-7-4-8-17(15-16)9-5-13-23-20(25)12-6-14-24-21(26)18-10-2-3-11-19(18)22(24)27/h2-4,7-8,10-11,15H,5-6,9,12-14H2,1H3,(H,23,25). The summed E-state index contributed by atoms with van der Waals surface area (Å²) in [6.45, 7) is 2.96. The number of benzene rings is 2. The van der Waals surface area contributed by atoms with Crippen molar-refractivity contribution >= 4 is 17.7 Å². The van der Waals surface area contributed by atoms with Crippen molar-refractivity contribution in [1.82, 2.24) is 10.2 Å². The number of imide groups is 1. The summed E-state index contributed by atoms with van der Waals surface area (Å²) in [4.78, 5) is 37.7. The molecule has 5 heteroatoms. The lowest BCUT2D eigenvalue weighted by Gasteiger charge is -2.13. The normalized spacial score (nSPS) is 13.0. The van der Waals surface area contributed by atoms with Crippen LogP contribution in [-0.4, -0.2) is 35.7 Å². The van der Waals surface area contributed by atoms with Gasteiger partial charge in [0.1, 0.15) is 0 Å². The van der Waals surface area contributed by atoms with Gasteiger partial charge < -0.3 is 5.32 Å². The highest BCUT2D eigenvalue weighted by Gasteiger charge is 2.34. The van der Waals surface area contributed by atoms with Crippen LogP contribution in [0.3, 0.4) is 0 Å². The van der Waals surface area contributed by atoms with E-state index < -0.39 is 0 Å². The minimum atomic E-state index is -0.269. The average Bonchev–Trinajstić information content (AvgIpc) is 2.90. The minimum absolute atomic E-state index is 0.0455. The van der Waals surface area contributed by atoms with E-state index in [0.29, 0.717) is 30.5 Å². The molecule has 1 N–H and O–H groups in total. The van der Waals surface area contributed by atoms with Crippen LogP contribution in [0.15, 0.2) is 48.5 Å². The largest absolute Gasteiger partial charge is 0.356 e. The van der Waals surface area contributed by atoms with Gasteiger partial charge in [0.15, 0.2) is 0 Å². The maximum absolute atomic E-state index is 12.3. The first-order chi connectivity index (χ1) is 13.1. The van der Waals surface area contributed by atoms with Crippen LogP contribution >= 0.6 is 0 Å². The van der Waals surface area contributed by atoms with Crippen molar-refractivity contribution in [2.24, 2.45) is 0 Å². The van der Waals surface area contributed by atoms with Gasteiger partial charge in [0, 0.05) is 19.5 Å². The zero-order chi connectivity index (χ0) is 19.2. The van der Waals surface area contributed by atoms with Gasteiger partial charge in [-0.1, -0.05) is 42.0 Å². The topological polar surface area (TPSA) is 66.5 Å². The maximum atomic E-state index is 12.3. The summed E-state index contributed by atoms with van der Waals surface area (Å²) in [6, 6.07) is 15.2. The first-order valence-electron chi connectivity index (χ1n) is 9.34.